The van der Waals surface area contributed by atoms with Gasteiger partial charge in [0.1, 0.15) is 10.0 Å². The Labute approximate surface area is 349 Å². The van der Waals surface area contributed by atoms with Gasteiger partial charge in [0.2, 0.25) is 0 Å². The number of hydrogen-bond donors (Lipinski definition) is 0. The van der Waals surface area contributed by atoms with Crippen molar-refractivity contribution < 1.29 is 19.2 Å². The molecule has 8 heteroatoms. The SMILES string of the molecule is CC1(C)C2=CC3C=C4C(=CC3C=C2c2sc(N=C3C(=O)C5CC6CCCCC6CC5C3=O)cc21)C(C)(C)c1cc(N=C2C(=O)C3CC5CCCCC5CC3C2=O)sc14. The summed E-state index contributed by atoms with van der Waals surface area (Å²) in [6.45, 7) is 9.16. The third kappa shape index (κ3) is 5.00. The maximum atomic E-state index is 13.7. The molecule has 58 heavy (non-hydrogen) atoms. The van der Waals surface area contributed by atoms with Gasteiger partial charge in [0, 0.05) is 56.1 Å². The molecule has 10 aliphatic carbocycles. The standard InChI is InChI=1S/C50H52N2O4S2/c1-49(2)35-19-27-18-34-36(50(3,4)38-22-40(58-48(34)38)52-42-45(55)31-15-25-11-7-8-12-26(25)16-32(31)46(42)56)20-28(27)17-33(35)47-37(49)21-39(57-47)51-41-43(53)29-13-23-9-5-6-10-24(23)14-30(29)44(41)54/h17-32H,5-16H2,1-4H3. The van der Waals surface area contributed by atoms with E-state index < -0.39 is 0 Å². The summed E-state index contributed by atoms with van der Waals surface area (Å²) < 4.78 is 0. The van der Waals surface area contributed by atoms with Crippen molar-refractivity contribution in [3.05, 3.63) is 68.5 Å². The third-order valence-electron chi connectivity index (χ3n) is 17.1. The van der Waals surface area contributed by atoms with Gasteiger partial charge in [-0.1, -0.05) is 103 Å². The fourth-order valence-electron chi connectivity index (χ4n) is 14.0. The summed E-state index contributed by atoms with van der Waals surface area (Å²) in [7, 11) is 0. The Morgan fingerprint density at radius 3 is 1.16 bits per heavy atom. The summed E-state index contributed by atoms with van der Waals surface area (Å²) in [5.41, 5.74) is 7.60. The molecule has 0 bridgehead atoms. The Bertz CT molecular complexity index is 2240. The fourth-order valence-corrected chi connectivity index (χ4v) is 16.4. The van der Waals surface area contributed by atoms with Gasteiger partial charge in [-0.05, 0) is 94.9 Å². The highest BCUT2D eigenvalue weighted by Gasteiger charge is 2.54. The number of aliphatic imine (C=N–C) groups is 2. The summed E-state index contributed by atoms with van der Waals surface area (Å²) >= 11 is 3.27. The van der Waals surface area contributed by atoms with Crippen LogP contribution in [0.25, 0.3) is 11.1 Å². The second-order valence-corrected chi connectivity index (χ2v) is 22.8. The van der Waals surface area contributed by atoms with Crippen LogP contribution in [0.5, 0.6) is 0 Å². The van der Waals surface area contributed by atoms with Gasteiger partial charge >= 0.3 is 0 Å². The number of carbonyl (C=O) groups excluding carboxylic acids is 4. The number of rotatable bonds is 2. The number of hydrogen-bond acceptors (Lipinski definition) is 8. The summed E-state index contributed by atoms with van der Waals surface area (Å²) in [6, 6.07) is 4.30. The van der Waals surface area contributed by atoms with Crippen molar-refractivity contribution >= 4 is 78.4 Å². The molecule has 0 spiro atoms. The molecule has 0 amide bonds. The molecule has 10 aliphatic rings. The van der Waals surface area contributed by atoms with Crippen LogP contribution in [0.15, 0.2) is 57.6 Å². The molecule has 0 radical (unpaired) electrons. The predicted octanol–water partition coefficient (Wildman–Crippen LogP) is 11.1. The number of carbonyl (C=O) groups is 4. The van der Waals surface area contributed by atoms with Crippen LogP contribution in [0.3, 0.4) is 0 Å². The van der Waals surface area contributed by atoms with Crippen LogP contribution in [-0.2, 0) is 30.0 Å². The summed E-state index contributed by atoms with van der Waals surface area (Å²) in [5, 5.41) is 1.55. The Kier molecular flexibility index (Phi) is 7.79. The van der Waals surface area contributed by atoms with Crippen LogP contribution < -0.4 is 0 Å². The molecular weight excluding hydrogens is 757 g/mol. The van der Waals surface area contributed by atoms with Gasteiger partial charge in [0.25, 0.3) is 0 Å². The summed E-state index contributed by atoms with van der Waals surface area (Å²) in [5.74, 6) is 2.06. The van der Waals surface area contributed by atoms with Crippen molar-refractivity contribution in [1.82, 2.24) is 0 Å². The van der Waals surface area contributed by atoms with Crippen LogP contribution in [0, 0.1) is 59.2 Å². The number of Topliss-reactive ketones (excluding diaryl/α,β-unsaturated/α-hetero) is 4. The van der Waals surface area contributed by atoms with E-state index in [-0.39, 0.29) is 80.9 Å². The van der Waals surface area contributed by atoms with E-state index in [2.05, 4.69) is 64.1 Å². The normalized spacial score (nSPS) is 37.2. The van der Waals surface area contributed by atoms with E-state index in [0.29, 0.717) is 23.7 Å². The maximum absolute atomic E-state index is 13.7. The Morgan fingerprint density at radius 1 is 0.500 bits per heavy atom. The topological polar surface area (TPSA) is 93.0 Å². The van der Waals surface area contributed by atoms with Crippen molar-refractivity contribution in [3.8, 4) is 0 Å². The van der Waals surface area contributed by atoms with Crippen molar-refractivity contribution in [3.63, 3.8) is 0 Å². The van der Waals surface area contributed by atoms with Crippen molar-refractivity contribution in [2.75, 3.05) is 0 Å². The molecule has 10 atom stereocenters. The predicted molar refractivity (Wildman–Crippen MR) is 231 cm³/mol. The third-order valence-corrected chi connectivity index (χ3v) is 19.3. The summed E-state index contributed by atoms with van der Waals surface area (Å²) in [6.07, 6.45) is 23.1. The zero-order chi connectivity index (χ0) is 39.6. The molecule has 2 aromatic rings. The second kappa shape index (κ2) is 12.5. The highest BCUT2D eigenvalue weighted by molar-refractivity contribution is 7.17. The maximum Gasteiger partial charge on any atom is 0.188 e. The van der Waals surface area contributed by atoms with Crippen LogP contribution in [0.2, 0.25) is 0 Å². The highest BCUT2D eigenvalue weighted by Crippen LogP contribution is 2.61. The molecule has 2 aromatic heterocycles. The first-order valence-corrected chi connectivity index (χ1v) is 24.0. The van der Waals surface area contributed by atoms with E-state index >= 15 is 0 Å². The van der Waals surface area contributed by atoms with Crippen LogP contribution in [0.1, 0.15) is 126 Å². The molecular formula is C50H52N2O4S2. The van der Waals surface area contributed by atoms with E-state index in [1.165, 1.54) is 94.5 Å². The molecule has 6 saturated carbocycles. The minimum absolute atomic E-state index is 0.00807. The molecule has 0 aliphatic heterocycles. The van der Waals surface area contributed by atoms with Crippen molar-refractivity contribution in [1.29, 1.82) is 0 Å². The molecule has 6 fully saturated rings. The van der Waals surface area contributed by atoms with E-state index in [1.54, 1.807) is 22.7 Å². The zero-order valence-corrected chi connectivity index (χ0v) is 35.7. The van der Waals surface area contributed by atoms with Crippen LogP contribution >= 0.6 is 22.7 Å². The average molecular weight is 809 g/mol. The first kappa shape index (κ1) is 36.2. The van der Waals surface area contributed by atoms with Gasteiger partial charge in [-0.3, -0.25) is 19.2 Å². The lowest BCUT2D eigenvalue weighted by atomic mass is 9.64. The Hall–Kier alpha value is -3.62. The first-order chi connectivity index (χ1) is 27.9. The van der Waals surface area contributed by atoms with Crippen molar-refractivity contribution in [2.45, 2.75) is 116 Å². The molecule has 10 unspecified atom stereocenters. The molecule has 6 nitrogen and oxygen atoms in total. The fraction of sp³-hybridized carbons (Fsp3) is 0.560. The number of ketones is 4. The van der Waals surface area contributed by atoms with Gasteiger partial charge in [-0.15, -0.1) is 22.7 Å². The summed E-state index contributed by atoms with van der Waals surface area (Å²) in [4.78, 5) is 67.1. The average Bonchev–Trinajstić information content (AvgIpc) is 4.02. The molecule has 12 rings (SSSR count). The van der Waals surface area contributed by atoms with E-state index in [0.717, 1.165) is 35.7 Å². The van der Waals surface area contributed by atoms with E-state index in [4.69, 9.17) is 9.98 Å². The van der Waals surface area contributed by atoms with E-state index in [1.807, 2.05) is 0 Å². The number of thiophene rings is 2. The lowest BCUT2D eigenvalue weighted by molar-refractivity contribution is -0.123. The molecule has 0 aromatic carbocycles. The highest BCUT2D eigenvalue weighted by atomic mass is 32.1. The molecule has 2 heterocycles. The van der Waals surface area contributed by atoms with Gasteiger partial charge in [0.15, 0.2) is 34.6 Å². The second-order valence-electron chi connectivity index (χ2n) is 20.7. The molecule has 0 saturated heterocycles. The van der Waals surface area contributed by atoms with Gasteiger partial charge in [-0.2, -0.15) is 0 Å². The van der Waals surface area contributed by atoms with Crippen LogP contribution in [0.4, 0.5) is 10.0 Å². The number of allylic oxidation sites excluding steroid dienone is 8. The van der Waals surface area contributed by atoms with Gasteiger partial charge in [0.05, 0.1) is 0 Å². The van der Waals surface area contributed by atoms with Gasteiger partial charge < -0.3 is 0 Å². The number of fused-ring (bicyclic) bond motifs is 11. The molecule has 298 valence electrons. The first-order valence-electron chi connectivity index (χ1n) is 22.4. The lowest BCUT2D eigenvalue weighted by Gasteiger charge is -2.39. The Morgan fingerprint density at radius 2 is 0.828 bits per heavy atom. The largest absolute Gasteiger partial charge is 0.292 e. The van der Waals surface area contributed by atoms with Crippen molar-refractivity contribution in [2.24, 2.45) is 69.2 Å². The lowest BCUT2D eigenvalue weighted by Crippen LogP contribution is -2.35. The van der Waals surface area contributed by atoms with E-state index in [9.17, 15) is 19.2 Å². The minimum Gasteiger partial charge on any atom is -0.292 e. The minimum atomic E-state index is -0.238. The zero-order valence-electron chi connectivity index (χ0n) is 34.1. The van der Waals surface area contributed by atoms with Crippen LogP contribution in [-0.4, -0.2) is 34.6 Å². The van der Waals surface area contributed by atoms with Gasteiger partial charge in [-0.25, -0.2) is 9.98 Å². The molecule has 0 N–H and O–H groups in total. The quantitative estimate of drug-likeness (QED) is 0.302. The monoisotopic (exact) mass is 808 g/mol. The Balaban J connectivity index is 0.830. The number of nitrogens with zero attached hydrogens (tertiary/aromatic N) is 2. The smallest absolute Gasteiger partial charge is 0.188 e.